The Hall–Kier alpha value is 0.0569. The molecule has 0 amide bonds. The van der Waals surface area contributed by atoms with Crippen molar-refractivity contribution in [3.63, 3.8) is 0 Å². The Labute approximate surface area is 130 Å². The maximum atomic E-state index is 9.59. The van der Waals surface area contributed by atoms with Crippen LogP contribution in [0.15, 0.2) is 0 Å². The fourth-order valence-electron chi connectivity index (χ4n) is 2.86. The molecule has 21 heavy (non-hydrogen) atoms. The topological polar surface area (TPSA) is 47.9 Å². The molecule has 1 aliphatic carbocycles. The number of rotatable bonds is 4. The molecule has 2 fully saturated rings. The Morgan fingerprint density at radius 2 is 1.67 bits per heavy atom. The second kappa shape index (κ2) is 6.28. The van der Waals surface area contributed by atoms with Crippen LogP contribution in [-0.4, -0.2) is 44.6 Å². The van der Waals surface area contributed by atoms with E-state index >= 15 is 0 Å². The minimum atomic E-state index is -1.79. The van der Waals surface area contributed by atoms with Crippen LogP contribution < -0.4 is 0 Å². The third kappa shape index (κ3) is 3.88. The van der Waals surface area contributed by atoms with Crippen molar-refractivity contribution in [3.8, 4) is 0 Å². The molecule has 5 heteroatoms. The maximum Gasteiger partial charge on any atom is 0.192 e. The fraction of sp³-hybridized carbons (Fsp3) is 1.00. The molecule has 0 aromatic heterocycles. The summed E-state index contributed by atoms with van der Waals surface area (Å²) >= 11 is 0. The van der Waals surface area contributed by atoms with E-state index in [2.05, 4.69) is 33.9 Å². The molecular weight excluding hydrogens is 284 g/mol. The highest BCUT2D eigenvalue weighted by atomic mass is 28.4. The Morgan fingerprint density at radius 1 is 1.10 bits per heavy atom. The van der Waals surface area contributed by atoms with Gasteiger partial charge in [-0.05, 0) is 31.0 Å². The van der Waals surface area contributed by atoms with Crippen molar-refractivity contribution in [2.45, 2.75) is 89.0 Å². The zero-order valence-electron chi connectivity index (χ0n) is 14.3. The molecule has 2 atom stereocenters. The summed E-state index contributed by atoms with van der Waals surface area (Å²) in [7, 11) is -1.79. The molecule has 1 saturated carbocycles. The van der Waals surface area contributed by atoms with Crippen LogP contribution in [0.2, 0.25) is 18.1 Å². The second-order valence-electron chi connectivity index (χ2n) is 8.04. The summed E-state index contributed by atoms with van der Waals surface area (Å²) in [5, 5.41) is 9.77. The van der Waals surface area contributed by atoms with Crippen LogP contribution >= 0.6 is 0 Å². The van der Waals surface area contributed by atoms with Crippen LogP contribution in [-0.2, 0) is 13.9 Å². The number of ether oxygens (including phenoxy) is 2. The van der Waals surface area contributed by atoms with Gasteiger partial charge >= 0.3 is 0 Å². The number of hydrogen-bond donors (Lipinski definition) is 1. The first-order chi connectivity index (χ1) is 9.69. The van der Waals surface area contributed by atoms with Gasteiger partial charge in [-0.25, -0.2) is 0 Å². The first kappa shape index (κ1) is 17.4. The molecule has 4 nitrogen and oxygen atoms in total. The first-order valence-electron chi connectivity index (χ1n) is 8.30. The van der Waals surface area contributed by atoms with Gasteiger partial charge in [-0.15, -0.1) is 0 Å². The van der Waals surface area contributed by atoms with Crippen molar-refractivity contribution < 1.29 is 19.0 Å². The normalized spacial score (nSPS) is 30.0. The van der Waals surface area contributed by atoms with Gasteiger partial charge in [0.25, 0.3) is 0 Å². The van der Waals surface area contributed by atoms with Gasteiger partial charge in [-0.3, -0.25) is 0 Å². The van der Waals surface area contributed by atoms with Crippen molar-refractivity contribution >= 4 is 8.32 Å². The molecule has 0 aromatic rings. The third-order valence-electron chi connectivity index (χ3n) is 5.36. The molecule has 1 saturated heterocycles. The molecule has 1 N–H and O–H groups in total. The summed E-state index contributed by atoms with van der Waals surface area (Å²) in [6.07, 6.45) is 5.06. The van der Waals surface area contributed by atoms with E-state index < -0.39 is 14.1 Å². The standard InChI is InChI=1S/C16H32O4Si/c1-15(2,3)21(4,5)18-12-14-13(11-17)19-16(20-14)9-7-6-8-10-16/h13-14,17H,6-12H2,1-5H3/t13-,14-/m0/s1. The Balaban J connectivity index is 1.96. The number of aliphatic hydroxyl groups excluding tert-OH is 1. The quantitative estimate of drug-likeness (QED) is 0.807. The van der Waals surface area contributed by atoms with Crippen LogP contribution in [0.4, 0.5) is 0 Å². The molecular formula is C16H32O4Si. The van der Waals surface area contributed by atoms with Gasteiger partial charge in [-0.1, -0.05) is 27.2 Å². The first-order valence-corrected chi connectivity index (χ1v) is 11.2. The molecule has 0 aromatic carbocycles. The largest absolute Gasteiger partial charge is 0.414 e. The zero-order valence-corrected chi connectivity index (χ0v) is 15.3. The van der Waals surface area contributed by atoms with Gasteiger partial charge in [-0.2, -0.15) is 0 Å². The summed E-state index contributed by atoms with van der Waals surface area (Å²) in [6, 6.07) is 0. The molecule has 124 valence electrons. The molecule has 0 radical (unpaired) electrons. The predicted molar refractivity (Wildman–Crippen MR) is 85.8 cm³/mol. The van der Waals surface area contributed by atoms with E-state index in [0.29, 0.717) is 6.61 Å². The fourth-order valence-corrected chi connectivity index (χ4v) is 3.87. The lowest BCUT2D eigenvalue weighted by Crippen LogP contribution is -2.44. The van der Waals surface area contributed by atoms with Gasteiger partial charge in [0.2, 0.25) is 0 Å². The van der Waals surface area contributed by atoms with Crippen molar-refractivity contribution in [1.29, 1.82) is 0 Å². The second-order valence-corrected chi connectivity index (χ2v) is 12.8. The predicted octanol–water partition coefficient (Wildman–Crippen LogP) is 3.44. The van der Waals surface area contributed by atoms with Crippen LogP contribution in [0.25, 0.3) is 0 Å². The van der Waals surface area contributed by atoms with Gasteiger partial charge in [0, 0.05) is 12.8 Å². The molecule has 1 heterocycles. The smallest absolute Gasteiger partial charge is 0.192 e. The van der Waals surface area contributed by atoms with Crippen LogP contribution in [0.3, 0.4) is 0 Å². The van der Waals surface area contributed by atoms with Crippen molar-refractivity contribution in [1.82, 2.24) is 0 Å². The highest BCUT2D eigenvalue weighted by molar-refractivity contribution is 6.74. The van der Waals surface area contributed by atoms with Gasteiger partial charge in [0.1, 0.15) is 12.2 Å². The summed E-state index contributed by atoms with van der Waals surface area (Å²) in [5.74, 6) is -0.451. The minimum absolute atomic E-state index is 0.00722. The number of hydrogen-bond acceptors (Lipinski definition) is 4. The third-order valence-corrected chi connectivity index (χ3v) is 9.86. The van der Waals surface area contributed by atoms with Crippen molar-refractivity contribution in [2.24, 2.45) is 0 Å². The van der Waals surface area contributed by atoms with Crippen molar-refractivity contribution in [3.05, 3.63) is 0 Å². The Morgan fingerprint density at radius 3 is 2.19 bits per heavy atom. The Bertz CT molecular complexity index is 345. The van der Waals surface area contributed by atoms with E-state index in [9.17, 15) is 5.11 Å². The highest BCUT2D eigenvalue weighted by Gasteiger charge is 2.48. The van der Waals surface area contributed by atoms with Gasteiger partial charge in [0.05, 0.1) is 13.2 Å². The van der Waals surface area contributed by atoms with Gasteiger partial charge < -0.3 is 19.0 Å². The molecule has 0 bridgehead atoms. The SMILES string of the molecule is CC(C)(C)[Si](C)(C)OC[C@@H]1OC2(CCCCC2)O[C@H]1CO. The highest BCUT2D eigenvalue weighted by Crippen LogP contribution is 2.42. The monoisotopic (exact) mass is 316 g/mol. The lowest BCUT2D eigenvalue weighted by atomic mass is 9.94. The molecule has 0 unspecified atom stereocenters. The lowest BCUT2D eigenvalue weighted by molar-refractivity contribution is -0.197. The van der Waals surface area contributed by atoms with Crippen LogP contribution in [0, 0.1) is 0 Å². The maximum absolute atomic E-state index is 9.59. The number of aliphatic hydroxyl groups is 1. The van der Waals surface area contributed by atoms with E-state index in [-0.39, 0.29) is 23.9 Å². The average molecular weight is 317 g/mol. The summed E-state index contributed by atoms with van der Waals surface area (Å²) < 4.78 is 18.5. The van der Waals surface area contributed by atoms with E-state index in [1.165, 1.54) is 6.42 Å². The van der Waals surface area contributed by atoms with Crippen LogP contribution in [0.5, 0.6) is 0 Å². The van der Waals surface area contributed by atoms with E-state index in [1.807, 2.05) is 0 Å². The molecule has 2 aliphatic rings. The molecule has 1 spiro atoms. The summed E-state index contributed by atoms with van der Waals surface area (Å²) in [4.78, 5) is 0. The van der Waals surface area contributed by atoms with E-state index in [4.69, 9.17) is 13.9 Å². The van der Waals surface area contributed by atoms with E-state index in [0.717, 1.165) is 25.7 Å². The summed E-state index contributed by atoms with van der Waals surface area (Å²) in [6.45, 7) is 11.7. The lowest BCUT2D eigenvalue weighted by Gasteiger charge is -2.37. The van der Waals surface area contributed by atoms with E-state index in [1.54, 1.807) is 0 Å². The summed E-state index contributed by atoms with van der Waals surface area (Å²) in [5.41, 5.74) is 0. The Kier molecular flexibility index (Phi) is 5.21. The van der Waals surface area contributed by atoms with Crippen molar-refractivity contribution in [2.75, 3.05) is 13.2 Å². The van der Waals surface area contributed by atoms with Gasteiger partial charge in [0.15, 0.2) is 14.1 Å². The molecule has 2 rings (SSSR count). The average Bonchev–Trinajstić information content (AvgIpc) is 2.74. The zero-order chi connectivity index (χ0) is 15.7. The molecule has 1 aliphatic heterocycles. The van der Waals surface area contributed by atoms with Crippen LogP contribution in [0.1, 0.15) is 52.9 Å². The minimum Gasteiger partial charge on any atom is -0.414 e.